The number of amides is 1. The van der Waals surface area contributed by atoms with Crippen LogP contribution in [0.3, 0.4) is 0 Å². The number of likely N-dealkylation sites (tertiary alicyclic amines) is 2. The van der Waals surface area contributed by atoms with Gasteiger partial charge in [0.05, 0.1) is 12.4 Å². The van der Waals surface area contributed by atoms with Crippen LogP contribution in [0, 0.1) is 5.82 Å². The van der Waals surface area contributed by atoms with Crippen LogP contribution in [0.15, 0.2) is 53.1 Å². The number of fused-ring (bicyclic) bond motifs is 2. The molecular formula is C31H41Cl4FN4O4. The number of carbonyl (C=O) groups is 1. The highest BCUT2D eigenvalue weighted by Crippen LogP contribution is 2.29. The van der Waals surface area contributed by atoms with Gasteiger partial charge in [-0.3, -0.25) is 9.69 Å². The zero-order valence-electron chi connectivity index (χ0n) is 24.5. The summed E-state index contributed by atoms with van der Waals surface area (Å²) in [7, 11) is 0. The van der Waals surface area contributed by atoms with Crippen molar-refractivity contribution in [3.8, 4) is 5.75 Å². The van der Waals surface area contributed by atoms with E-state index in [2.05, 4.69) is 27.0 Å². The van der Waals surface area contributed by atoms with Crippen molar-refractivity contribution in [1.29, 1.82) is 0 Å². The molecule has 0 aliphatic carbocycles. The second kappa shape index (κ2) is 16.9. The zero-order chi connectivity index (χ0) is 27.6. The molecule has 8 nitrogen and oxygen atoms in total. The van der Waals surface area contributed by atoms with Gasteiger partial charge in [0.25, 0.3) is 5.91 Å². The molecule has 13 heteroatoms. The molecule has 3 N–H and O–H groups in total. The van der Waals surface area contributed by atoms with E-state index >= 15 is 0 Å². The Morgan fingerprint density at radius 1 is 1.05 bits per heavy atom. The van der Waals surface area contributed by atoms with Gasteiger partial charge in [-0.1, -0.05) is 6.07 Å². The first-order valence-corrected chi connectivity index (χ1v) is 14.3. The first-order chi connectivity index (χ1) is 19.4. The Bertz CT molecular complexity index is 1490. The van der Waals surface area contributed by atoms with Crippen LogP contribution < -0.4 is 10.1 Å². The maximum absolute atomic E-state index is 13.7. The molecule has 0 bridgehead atoms. The van der Waals surface area contributed by atoms with Crippen molar-refractivity contribution >= 4 is 77.4 Å². The van der Waals surface area contributed by atoms with E-state index < -0.39 is 0 Å². The molecule has 2 aliphatic rings. The fourth-order valence-electron chi connectivity index (χ4n) is 6.04. The maximum atomic E-state index is 13.7. The van der Waals surface area contributed by atoms with Crippen molar-refractivity contribution in [3.05, 3.63) is 65.8 Å². The van der Waals surface area contributed by atoms with Crippen LogP contribution in [0.25, 0.3) is 21.9 Å². The van der Waals surface area contributed by atoms with Crippen LogP contribution in [0.2, 0.25) is 0 Å². The Hall–Kier alpha value is -2.24. The average molecular weight is 695 g/mol. The minimum absolute atomic E-state index is 0. The first-order valence-electron chi connectivity index (χ1n) is 14.3. The van der Waals surface area contributed by atoms with Gasteiger partial charge in [-0.2, -0.15) is 0 Å². The number of aliphatic hydroxyl groups excluding tert-OH is 1. The molecule has 1 atom stereocenters. The smallest absolute Gasteiger partial charge is 0.267 e. The fourth-order valence-corrected chi connectivity index (χ4v) is 6.04. The highest BCUT2D eigenvalue weighted by molar-refractivity contribution is 5.99. The van der Waals surface area contributed by atoms with Crippen LogP contribution in [-0.2, 0) is 6.61 Å². The van der Waals surface area contributed by atoms with Crippen molar-refractivity contribution < 1.29 is 23.4 Å². The normalized spacial score (nSPS) is 17.2. The summed E-state index contributed by atoms with van der Waals surface area (Å²) < 4.78 is 25.3. The monoisotopic (exact) mass is 692 g/mol. The number of furan rings is 1. The highest BCUT2D eigenvalue weighted by atomic mass is 35.5. The maximum Gasteiger partial charge on any atom is 0.267 e. The van der Waals surface area contributed by atoms with E-state index in [0.29, 0.717) is 28.5 Å². The molecule has 2 aliphatic heterocycles. The molecule has 6 rings (SSSR count). The number of hydrogen-bond donors (Lipinski definition) is 3. The minimum atomic E-state index is -0.322. The SMILES string of the molecule is C[C@@H](CN1CCC(NC(=O)c2cc3c(OCc4coc5ccc(F)cc45)cccc3[nH]2)CC1)N1CCC(O)CC1.Cl.Cl.Cl.Cl. The van der Waals surface area contributed by atoms with Crippen molar-refractivity contribution in [1.82, 2.24) is 20.1 Å². The van der Waals surface area contributed by atoms with Gasteiger partial charge >= 0.3 is 0 Å². The number of carbonyl (C=O) groups excluding carboxylic acids is 1. The lowest BCUT2D eigenvalue weighted by Gasteiger charge is -2.39. The molecule has 2 saturated heterocycles. The van der Waals surface area contributed by atoms with Crippen molar-refractivity contribution in [2.75, 3.05) is 32.7 Å². The lowest BCUT2D eigenvalue weighted by molar-refractivity contribution is 0.0497. The summed E-state index contributed by atoms with van der Waals surface area (Å²) in [5, 5.41) is 14.5. The molecule has 0 radical (unpaired) electrons. The van der Waals surface area contributed by atoms with Crippen LogP contribution in [-0.4, -0.2) is 76.7 Å². The van der Waals surface area contributed by atoms with Crippen LogP contribution in [0.5, 0.6) is 5.75 Å². The van der Waals surface area contributed by atoms with E-state index in [0.717, 1.165) is 74.9 Å². The van der Waals surface area contributed by atoms with Gasteiger partial charge in [0.15, 0.2) is 0 Å². The Balaban J connectivity index is 0.00000169. The number of rotatable bonds is 8. The molecule has 0 unspecified atom stereocenters. The molecular weight excluding hydrogens is 653 g/mol. The third-order valence-corrected chi connectivity index (χ3v) is 8.44. The van der Waals surface area contributed by atoms with E-state index in [4.69, 9.17) is 9.15 Å². The molecule has 0 saturated carbocycles. The van der Waals surface area contributed by atoms with E-state index in [1.54, 1.807) is 12.3 Å². The van der Waals surface area contributed by atoms with Gasteiger partial charge in [-0.25, -0.2) is 4.39 Å². The van der Waals surface area contributed by atoms with Crippen LogP contribution in [0.4, 0.5) is 4.39 Å². The van der Waals surface area contributed by atoms with Gasteiger partial charge in [-0.05, 0) is 69.0 Å². The number of piperidine rings is 2. The number of H-pyrrole nitrogens is 1. The summed E-state index contributed by atoms with van der Waals surface area (Å²) in [4.78, 5) is 21.3. The topological polar surface area (TPSA) is 94.0 Å². The molecule has 2 fully saturated rings. The standard InChI is InChI=1S/C31H37FN4O4.4ClH/c1-20(36-13-9-24(37)10-14-36)17-35-11-7-23(8-12-35)33-31(38)28-16-26-27(34-28)3-2-4-29(26)39-18-21-19-40-30-6-5-22(32)15-25(21)30;;;;/h2-6,15-16,19-20,23-24,34,37H,7-14,17-18H2,1H3,(H,33,38);4*1H/t20-;;;;/m0..../s1. The van der Waals surface area contributed by atoms with Gasteiger partial charge in [0, 0.05) is 66.7 Å². The number of hydrogen-bond acceptors (Lipinski definition) is 6. The average Bonchev–Trinajstić information content (AvgIpc) is 3.58. The number of aliphatic hydroxyl groups is 1. The summed E-state index contributed by atoms with van der Waals surface area (Å²) in [6.45, 7) is 7.37. The summed E-state index contributed by atoms with van der Waals surface area (Å²) in [5.74, 6) is 0.207. The Labute approximate surface area is 281 Å². The van der Waals surface area contributed by atoms with E-state index in [9.17, 15) is 14.3 Å². The molecule has 244 valence electrons. The van der Waals surface area contributed by atoms with Gasteiger partial charge in [-0.15, -0.1) is 49.6 Å². The summed E-state index contributed by atoms with van der Waals surface area (Å²) in [5.41, 5.74) is 2.70. The molecule has 2 aromatic carbocycles. The quantitative estimate of drug-likeness (QED) is 0.199. The number of halogens is 5. The van der Waals surface area contributed by atoms with Gasteiger partial charge < -0.3 is 29.5 Å². The Morgan fingerprint density at radius 3 is 2.50 bits per heavy atom. The third-order valence-electron chi connectivity index (χ3n) is 8.44. The largest absolute Gasteiger partial charge is 0.488 e. The van der Waals surface area contributed by atoms with E-state index in [-0.39, 0.29) is 80.1 Å². The number of aromatic amines is 1. The highest BCUT2D eigenvalue weighted by Gasteiger charge is 2.26. The Morgan fingerprint density at radius 2 is 1.77 bits per heavy atom. The summed E-state index contributed by atoms with van der Waals surface area (Å²) in [6, 6.07) is 12.5. The third kappa shape index (κ3) is 8.72. The predicted octanol–water partition coefficient (Wildman–Crippen LogP) is 6.36. The number of nitrogens with one attached hydrogen (secondary N) is 2. The van der Waals surface area contributed by atoms with E-state index in [1.807, 2.05) is 24.3 Å². The molecule has 4 aromatic rings. The molecule has 1 amide bonds. The molecule has 44 heavy (non-hydrogen) atoms. The van der Waals surface area contributed by atoms with Crippen molar-refractivity contribution in [2.24, 2.45) is 0 Å². The van der Waals surface area contributed by atoms with Crippen molar-refractivity contribution in [2.45, 2.75) is 57.4 Å². The van der Waals surface area contributed by atoms with Crippen LogP contribution >= 0.6 is 49.6 Å². The minimum Gasteiger partial charge on any atom is -0.488 e. The zero-order valence-corrected chi connectivity index (χ0v) is 27.8. The molecule has 2 aromatic heterocycles. The molecule has 4 heterocycles. The number of aromatic nitrogens is 1. The first kappa shape index (κ1) is 37.9. The number of benzene rings is 2. The summed E-state index contributed by atoms with van der Waals surface area (Å²) in [6.07, 6.45) is 5.01. The van der Waals surface area contributed by atoms with Gasteiger partial charge in [0.2, 0.25) is 0 Å². The number of nitrogens with zero attached hydrogens (tertiary/aromatic N) is 2. The van der Waals surface area contributed by atoms with Crippen molar-refractivity contribution in [3.63, 3.8) is 0 Å². The lowest BCUT2D eigenvalue weighted by Crippen LogP contribution is -2.50. The second-order valence-electron chi connectivity index (χ2n) is 11.3. The van der Waals surface area contributed by atoms with E-state index in [1.165, 1.54) is 12.1 Å². The second-order valence-corrected chi connectivity index (χ2v) is 11.3. The van der Waals surface area contributed by atoms with Gasteiger partial charge in [0.1, 0.15) is 29.5 Å². The number of ether oxygens (including phenoxy) is 1. The Kier molecular flexibility index (Phi) is 14.6. The molecule has 0 spiro atoms. The summed E-state index contributed by atoms with van der Waals surface area (Å²) >= 11 is 0. The fraction of sp³-hybridized carbons (Fsp3) is 0.452. The van der Waals surface area contributed by atoms with Crippen LogP contribution in [0.1, 0.15) is 48.7 Å². The predicted molar refractivity (Wildman–Crippen MR) is 181 cm³/mol. The lowest BCUT2D eigenvalue weighted by atomic mass is 10.0.